The minimum atomic E-state index is -1.00. The van der Waals surface area contributed by atoms with E-state index >= 15 is 0 Å². The summed E-state index contributed by atoms with van der Waals surface area (Å²) in [5, 5.41) is 2.89. The molecule has 0 saturated heterocycles. The standard InChI is InChI=1S/C22H34N2O6/c1-20(2,3)29-18(25)23-15-11-9-10-14-17(15)16(12-13-22(14,27-7)28-8)24-19(26)30-21(4,5)6/h9,11-15,17H,10H2,1-8H3,(H,23,25)/b24-16+/t14-,15-,17-/m0/s1. The second-order valence-electron chi connectivity index (χ2n) is 9.45. The maximum atomic E-state index is 12.4. The number of hydrogen-bond donors (Lipinski definition) is 1. The molecule has 8 heteroatoms. The molecule has 0 saturated carbocycles. The van der Waals surface area contributed by atoms with E-state index in [4.69, 9.17) is 18.9 Å². The van der Waals surface area contributed by atoms with Gasteiger partial charge < -0.3 is 24.3 Å². The van der Waals surface area contributed by atoms with Crippen molar-refractivity contribution in [2.45, 2.75) is 71.0 Å². The van der Waals surface area contributed by atoms with E-state index < -0.39 is 35.2 Å². The van der Waals surface area contributed by atoms with Crippen LogP contribution in [0.4, 0.5) is 9.59 Å². The molecule has 0 aromatic rings. The van der Waals surface area contributed by atoms with Crippen LogP contribution in [0.15, 0.2) is 29.3 Å². The SMILES string of the molecule is COC1(OC)C=C/C(=N\C(=O)OC(C)(C)C)[C@@H]2[C@@H](NC(=O)OC(C)(C)C)C=CC[C@@H]21. The third-order valence-electron chi connectivity index (χ3n) is 4.83. The van der Waals surface area contributed by atoms with Crippen molar-refractivity contribution in [3.05, 3.63) is 24.3 Å². The van der Waals surface area contributed by atoms with E-state index in [1.165, 1.54) is 0 Å². The summed E-state index contributed by atoms with van der Waals surface area (Å²) in [6, 6.07) is -0.464. The number of rotatable bonds is 3. The van der Waals surface area contributed by atoms with Crippen molar-refractivity contribution in [2.24, 2.45) is 16.8 Å². The molecule has 2 rings (SSSR count). The molecule has 0 aliphatic heterocycles. The fourth-order valence-corrected chi connectivity index (χ4v) is 3.73. The molecule has 0 radical (unpaired) electrons. The maximum absolute atomic E-state index is 12.4. The number of fused-ring (bicyclic) bond motifs is 1. The predicted molar refractivity (Wildman–Crippen MR) is 113 cm³/mol. The number of carbonyl (C=O) groups is 2. The summed E-state index contributed by atoms with van der Waals surface area (Å²) in [4.78, 5) is 29.0. The Morgan fingerprint density at radius 1 is 1.07 bits per heavy atom. The number of alkyl carbamates (subject to hydrolysis) is 1. The van der Waals surface area contributed by atoms with E-state index in [0.29, 0.717) is 12.1 Å². The Balaban J connectivity index is 2.41. The van der Waals surface area contributed by atoms with E-state index in [9.17, 15) is 9.59 Å². The summed E-state index contributed by atoms with van der Waals surface area (Å²) >= 11 is 0. The third-order valence-corrected chi connectivity index (χ3v) is 4.83. The summed E-state index contributed by atoms with van der Waals surface area (Å²) in [6.07, 6.45) is 6.67. The highest BCUT2D eigenvalue weighted by atomic mass is 16.7. The van der Waals surface area contributed by atoms with E-state index in [1.54, 1.807) is 67.9 Å². The lowest BCUT2D eigenvalue weighted by Gasteiger charge is -2.46. The zero-order valence-electron chi connectivity index (χ0n) is 19.1. The molecule has 2 aliphatic rings. The first-order valence-electron chi connectivity index (χ1n) is 10.1. The largest absolute Gasteiger partial charge is 0.444 e. The number of nitrogens with zero attached hydrogens (tertiary/aromatic N) is 1. The summed E-state index contributed by atoms with van der Waals surface area (Å²) in [6.45, 7) is 10.7. The van der Waals surface area contributed by atoms with Crippen LogP contribution < -0.4 is 5.32 Å². The van der Waals surface area contributed by atoms with E-state index in [2.05, 4.69) is 10.3 Å². The lowest BCUT2D eigenvalue weighted by atomic mass is 9.69. The predicted octanol–water partition coefficient (Wildman–Crippen LogP) is 4.01. The zero-order valence-corrected chi connectivity index (χ0v) is 19.1. The van der Waals surface area contributed by atoms with Gasteiger partial charge in [0.2, 0.25) is 0 Å². The molecule has 1 N–H and O–H groups in total. The van der Waals surface area contributed by atoms with Crippen LogP contribution in [0, 0.1) is 11.8 Å². The van der Waals surface area contributed by atoms with E-state index in [1.807, 2.05) is 12.2 Å². The topological polar surface area (TPSA) is 95.5 Å². The van der Waals surface area contributed by atoms with Gasteiger partial charge in [-0.3, -0.25) is 0 Å². The van der Waals surface area contributed by atoms with Gasteiger partial charge in [-0.1, -0.05) is 12.2 Å². The molecule has 2 aliphatic carbocycles. The molecular formula is C22H34N2O6. The fourth-order valence-electron chi connectivity index (χ4n) is 3.73. The Labute approximate surface area is 178 Å². The van der Waals surface area contributed by atoms with Crippen molar-refractivity contribution in [1.29, 1.82) is 0 Å². The first-order valence-corrected chi connectivity index (χ1v) is 10.1. The molecule has 30 heavy (non-hydrogen) atoms. The van der Waals surface area contributed by atoms with Gasteiger partial charge >= 0.3 is 12.2 Å². The maximum Gasteiger partial charge on any atom is 0.434 e. The number of ether oxygens (including phenoxy) is 4. The molecule has 0 aromatic heterocycles. The highest BCUT2D eigenvalue weighted by molar-refractivity contribution is 6.04. The van der Waals surface area contributed by atoms with E-state index in [-0.39, 0.29) is 11.8 Å². The van der Waals surface area contributed by atoms with Crippen LogP contribution >= 0.6 is 0 Å². The lowest BCUT2D eigenvalue weighted by molar-refractivity contribution is -0.213. The van der Waals surface area contributed by atoms with Crippen molar-refractivity contribution in [3.8, 4) is 0 Å². The number of aliphatic imine (C=N–C) groups is 1. The van der Waals surface area contributed by atoms with Crippen LogP contribution in [-0.2, 0) is 18.9 Å². The second kappa shape index (κ2) is 8.89. The van der Waals surface area contributed by atoms with Gasteiger partial charge in [0, 0.05) is 26.1 Å². The highest BCUT2D eigenvalue weighted by Crippen LogP contribution is 2.42. The summed E-state index contributed by atoms with van der Waals surface area (Å²) < 4.78 is 22.2. The molecule has 0 aromatic carbocycles. The monoisotopic (exact) mass is 422 g/mol. The number of amides is 2. The minimum absolute atomic E-state index is 0.219. The van der Waals surface area contributed by atoms with Gasteiger partial charge in [-0.25, -0.2) is 9.59 Å². The molecule has 0 heterocycles. The fraction of sp³-hybridized carbons (Fsp3) is 0.682. The smallest absolute Gasteiger partial charge is 0.434 e. The van der Waals surface area contributed by atoms with Crippen molar-refractivity contribution < 1.29 is 28.5 Å². The Morgan fingerprint density at radius 2 is 1.67 bits per heavy atom. The number of methoxy groups -OCH3 is 2. The van der Waals surface area contributed by atoms with Gasteiger partial charge in [0.1, 0.15) is 11.2 Å². The van der Waals surface area contributed by atoms with Gasteiger partial charge in [0.15, 0.2) is 5.79 Å². The Hall–Kier alpha value is -2.19. The molecule has 0 bridgehead atoms. The van der Waals surface area contributed by atoms with Crippen molar-refractivity contribution >= 4 is 17.9 Å². The van der Waals surface area contributed by atoms with Crippen LogP contribution in [0.25, 0.3) is 0 Å². The summed E-state index contributed by atoms with van der Waals surface area (Å²) in [5.74, 6) is -1.60. The normalized spacial score (nSPS) is 26.8. The molecule has 8 nitrogen and oxygen atoms in total. The van der Waals surface area contributed by atoms with Crippen LogP contribution in [0.1, 0.15) is 48.0 Å². The number of hydrogen-bond acceptors (Lipinski definition) is 6. The van der Waals surface area contributed by atoms with Gasteiger partial charge in [-0.2, -0.15) is 4.99 Å². The molecule has 2 amide bonds. The zero-order chi connectivity index (χ0) is 22.7. The van der Waals surface area contributed by atoms with Crippen molar-refractivity contribution in [3.63, 3.8) is 0 Å². The average Bonchev–Trinajstić information content (AvgIpc) is 2.59. The highest BCUT2D eigenvalue weighted by Gasteiger charge is 2.50. The Morgan fingerprint density at radius 3 is 2.20 bits per heavy atom. The third kappa shape index (κ3) is 5.92. The second-order valence-corrected chi connectivity index (χ2v) is 9.45. The van der Waals surface area contributed by atoms with Crippen molar-refractivity contribution in [2.75, 3.05) is 14.2 Å². The van der Waals surface area contributed by atoms with Gasteiger partial charge in [0.05, 0.1) is 11.8 Å². The number of nitrogens with one attached hydrogen (secondary N) is 1. The number of carbonyl (C=O) groups excluding carboxylic acids is 2. The number of allylic oxidation sites excluding steroid dienone is 2. The van der Waals surface area contributed by atoms with Gasteiger partial charge in [-0.05, 0) is 60.1 Å². The van der Waals surface area contributed by atoms with Crippen LogP contribution in [0.2, 0.25) is 0 Å². The van der Waals surface area contributed by atoms with Crippen LogP contribution in [-0.4, -0.2) is 55.1 Å². The first-order chi connectivity index (χ1) is 13.8. The molecule has 168 valence electrons. The van der Waals surface area contributed by atoms with Gasteiger partial charge in [-0.15, -0.1) is 0 Å². The summed E-state index contributed by atoms with van der Waals surface area (Å²) in [5.41, 5.74) is -0.808. The van der Waals surface area contributed by atoms with Gasteiger partial charge in [0.25, 0.3) is 0 Å². The van der Waals surface area contributed by atoms with Crippen LogP contribution in [0.5, 0.6) is 0 Å². The molecule has 0 fully saturated rings. The minimum Gasteiger partial charge on any atom is -0.444 e. The van der Waals surface area contributed by atoms with Crippen molar-refractivity contribution in [1.82, 2.24) is 5.32 Å². The van der Waals surface area contributed by atoms with E-state index in [0.717, 1.165) is 0 Å². The first kappa shape index (κ1) is 24.1. The quantitative estimate of drug-likeness (QED) is 0.545. The summed E-state index contributed by atoms with van der Waals surface area (Å²) in [7, 11) is 3.13. The lowest BCUT2D eigenvalue weighted by Crippen LogP contribution is -2.56. The molecule has 0 unspecified atom stereocenters. The molecular weight excluding hydrogens is 388 g/mol. The molecule has 0 spiro atoms. The average molecular weight is 423 g/mol. The molecule has 3 atom stereocenters. The van der Waals surface area contributed by atoms with Crippen LogP contribution in [0.3, 0.4) is 0 Å². The Bertz CT molecular complexity index is 738. The Kier molecular flexibility index (Phi) is 7.14.